The van der Waals surface area contributed by atoms with Gasteiger partial charge in [0.15, 0.2) is 0 Å². The fraction of sp³-hybridized carbons (Fsp3) is 0.615. The van der Waals surface area contributed by atoms with Crippen molar-refractivity contribution in [2.75, 3.05) is 12.3 Å². The second kappa shape index (κ2) is 5.66. The quantitative estimate of drug-likeness (QED) is 0.911. The third-order valence-electron chi connectivity index (χ3n) is 3.81. The predicted molar refractivity (Wildman–Crippen MR) is 80.4 cm³/mol. The highest BCUT2D eigenvalue weighted by molar-refractivity contribution is 8.00. The number of carbonyl (C=O) groups is 1. The smallest absolute Gasteiger partial charge is 0.340 e. The van der Waals surface area contributed by atoms with Gasteiger partial charge in [0.25, 0.3) is 0 Å². The lowest BCUT2D eigenvalue weighted by Crippen LogP contribution is -2.48. The molecule has 1 aliphatic rings. The van der Waals surface area contributed by atoms with Crippen LogP contribution in [0.5, 0.6) is 0 Å². The summed E-state index contributed by atoms with van der Waals surface area (Å²) in [7, 11) is -3.88. The Morgan fingerprint density at radius 2 is 1.95 bits per heavy atom. The van der Waals surface area contributed by atoms with Gasteiger partial charge in [-0.25, -0.2) is 13.2 Å². The number of aryl methyl sites for hydroxylation is 2. The molecule has 1 aromatic heterocycles. The Morgan fingerprint density at radius 3 is 2.52 bits per heavy atom. The van der Waals surface area contributed by atoms with E-state index in [0.29, 0.717) is 12.3 Å². The van der Waals surface area contributed by atoms with Gasteiger partial charge < -0.3 is 9.52 Å². The molecule has 8 heteroatoms. The molecule has 1 N–H and O–H groups in total. The normalized spacial score (nSPS) is 24.2. The molecule has 118 valence electrons. The Labute approximate surface area is 128 Å². The van der Waals surface area contributed by atoms with E-state index in [1.165, 1.54) is 18.2 Å². The molecular weight excluding hydrogens is 314 g/mol. The van der Waals surface area contributed by atoms with Crippen LogP contribution in [0.15, 0.2) is 9.31 Å². The molecule has 1 fully saturated rings. The molecule has 2 unspecified atom stereocenters. The second-order valence-electron chi connectivity index (χ2n) is 5.16. The van der Waals surface area contributed by atoms with Gasteiger partial charge in [-0.3, -0.25) is 0 Å². The first-order chi connectivity index (χ1) is 9.67. The lowest BCUT2D eigenvalue weighted by molar-refractivity contribution is 0.0691. The van der Waals surface area contributed by atoms with Crippen molar-refractivity contribution < 1.29 is 22.7 Å². The SMILES string of the molecule is Cc1oc(C)c(S(=O)(=O)N2CCSC(C)C2C)c1C(=O)O. The van der Waals surface area contributed by atoms with E-state index in [1.54, 1.807) is 11.8 Å². The number of thioether (sulfide) groups is 1. The number of carboxylic acid groups (broad SMARTS) is 1. The molecule has 0 aromatic carbocycles. The van der Waals surface area contributed by atoms with Crippen molar-refractivity contribution in [3.05, 3.63) is 17.1 Å². The van der Waals surface area contributed by atoms with Gasteiger partial charge in [0.1, 0.15) is 22.0 Å². The first-order valence-corrected chi connectivity index (χ1v) is 9.13. The second-order valence-corrected chi connectivity index (χ2v) is 8.47. The molecule has 0 spiro atoms. The first-order valence-electron chi connectivity index (χ1n) is 6.64. The molecular formula is C13H19NO5S2. The third-order valence-corrected chi connectivity index (χ3v) is 7.29. The monoisotopic (exact) mass is 333 g/mol. The van der Waals surface area contributed by atoms with Crippen molar-refractivity contribution in [1.82, 2.24) is 4.31 Å². The van der Waals surface area contributed by atoms with Crippen LogP contribution in [0, 0.1) is 13.8 Å². The Bertz CT molecular complexity index is 664. The average Bonchev–Trinajstić information content (AvgIpc) is 2.68. The van der Waals surface area contributed by atoms with Crippen LogP contribution in [0.2, 0.25) is 0 Å². The van der Waals surface area contributed by atoms with Crippen LogP contribution in [0.1, 0.15) is 35.7 Å². The van der Waals surface area contributed by atoms with Crippen LogP contribution in [-0.4, -0.2) is 47.4 Å². The summed E-state index contributed by atoms with van der Waals surface area (Å²) in [5.41, 5.74) is -0.259. The number of aromatic carboxylic acids is 1. The van der Waals surface area contributed by atoms with Crippen molar-refractivity contribution in [3.63, 3.8) is 0 Å². The fourth-order valence-corrected chi connectivity index (χ4v) is 5.96. The molecule has 0 radical (unpaired) electrons. The third kappa shape index (κ3) is 2.72. The molecule has 2 atom stereocenters. The number of carboxylic acids is 1. The van der Waals surface area contributed by atoms with Crippen LogP contribution in [0.25, 0.3) is 0 Å². The van der Waals surface area contributed by atoms with E-state index in [9.17, 15) is 18.3 Å². The minimum Gasteiger partial charge on any atom is -0.478 e. The molecule has 21 heavy (non-hydrogen) atoms. The topological polar surface area (TPSA) is 87.8 Å². The van der Waals surface area contributed by atoms with Gasteiger partial charge in [-0.15, -0.1) is 0 Å². The molecule has 2 rings (SSSR count). The summed E-state index contributed by atoms with van der Waals surface area (Å²) >= 11 is 1.72. The molecule has 0 bridgehead atoms. The minimum atomic E-state index is -3.88. The first kappa shape index (κ1) is 16.4. The molecule has 1 aliphatic heterocycles. The Hall–Kier alpha value is -0.990. The van der Waals surface area contributed by atoms with Crippen LogP contribution in [0.4, 0.5) is 0 Å². The van der Waals surface area contributed by atoms with E-state index < -0.39 is 16.0 Å². The summed E-state index contributed by atoms with van der Waals surface area (Å²) in [4.78, 5) is 11.2. The van der Waals surface area contributed by atoms with Crippen molar-refractivity contribution in [2.24, 2.45) is 0 Å². The van der Waals surface area contributed by atoms with Crippen molar-refractivity contribution in [1.29, 1.82) is 0 Å². The van der Waals surface area contributed by atoms with E-state index in [0.717, 1.165) is 0 Å². The molecule has 0 saturated carbocycles. The predicted octanol–water partition coefficient (Wildman–Crippen LogP) is 2.11. The Kier molecular flexibility index (Phi) is 4.41. The summed E-state index contributed by atoms with van der Waals surface area (Å²) < 4.78 is 32.4. The molecule has 0 aliphatic carbocycles. The van der Waals surface area contributed by atoms with Gasteiger partial charge in [-0.2, -0.15) is 16.1 Å². The van der Waals surface area contributed by atoms with Crippen LogP contribution in [0.3, 0.4) is 0 Å². The van der Waals surface area contributed by atoms with Crippen LogP contribution < -0.4 is 0 Å². The van der Waals surface area contributed by atoms with Crippen molar-refractivity contribution in [2.45, 2.75) is 43.9 Å². The number of nitrogens with zero attached hydrogens (tertiary/aromatic N) is 1. The van der Waals surface area contributed by atoms with E-state index in [-0.39, 0.29) is 33.3 Å². The number of rotatable bonds is 3. The van der Waals surface area contributed by atoms with E-state index in [1.807, 2.05) is 13.8 Å². The van der Waals surface area contributed by atoms with E-state index in [4.69, 9.17) is 4.42 Å². The summed E-state index contributed by atoms with van der Waals surface area (Å²) in [6.07, 6.45) is 0. The average molecular weight is 333 g/mol. The standard InChI is InChI=1S/C13H19NO5S2/c1-7-10(4)20-6-5-14(7)21(17,18)12-9(3)19-8(2)11(12)13(15)16/h7,10H,5-6H2,1-4H3,(H,15,16). The highest BCUT2D eigenvalue weighted by Crippen LogP contribution is 2.34. The highest BCUT2D eigenvalue weighted by Gasteiger charge is 2.40. The minimum absolute atomic E-state index is 0.116. The molecule has 6 nitrogen and oxygen atoms in total. The molecule has 1 aromatic rings. The number of hydrogen-bond acceptors (Lipinski definition) is 5. The zero-order valence-electron chi connectivity index (χ0n) is 12.4. The maximum atomic E-state index is 12.9. The van der Waals surface area contributed by atoms with E-state index in [2.05, 4.69) is 0 Å². The fourth-order valence-electron chi connectivity index (χ4n) is 2.58. The van der Waals surface area contributed by atoms with Gasteiger partial charge in [-0.1, -0.05) is 6.92 Å². The highest BCUT2D eigenvalue weighted by atomic mass is 32.2. The Balaban J connectivity index is 2.57. The van der Waals surface area contributed by atoms with Gasteiger partial charge in [0.2, 0.25) is 10.0 Å². The maximum Gasteiger partial charge on any atom is 0.340 e. The summed E-state index contributed by atoms with van der Waals surface area (Å²) in [6.45, 7) is 7.15. The van der Waals surface area contributed by atoms with Crippen LogP contribution in [-0.2, 0) is 10.0 Å². The zero-order valence-corrected chi connectivity index (χ0v) is 14.0. The summed E-state index contributed by atoms with van der Waals surface area (Å²) in [6, 6.07) is -0.190. The van der Waals surface area contributed by atoms with Crippen molar-refractivity contribution >= 4 is 27.8 Å². The Morgan fingerprint density at radius 1 is 1.33 bits per heavy atom. The van der Waals surface area contributed by atoms with Gasteiger partial charge in [0, 0.05) is 23.6 Å². The summed E-state index contributed by atoms with van der Waals surface area (Å²) in [5.74, 6) is -0.341. The number of sulfonamides is 1. The lowest BCUT2D eigenvalue weighted by Gasteiger charge is -2.36. The zero-order chi connectivity index (χ0) is 15.9. The van der Waals surface area contributed by atoms with Gasteiger partial charge in [-0.05, 0) is 20.8 Å². The van der Waals surface area contributed by atoms with Gasteiger partial charge >= 0.3 is 5.97 Å². The van der Waals surface area contributed by atoms with Crippen molar-refractivity contribution in [3.8, 4) is 0 Å². The van der Waals surface area contributed by atoms with Crippen LogP contribution >= 0.6 is 11.8 Å². The number of furan rings is 1. The number of hydrogen-bond donors (Lipinski definition) is 1. The lowest BCUT2D eigenvalue weighted by atomic mass is 10.2. The largest absolute Gasteiger partial charge is 0.478 e. The maximum absolute atomic E-state index is 12.9. The molecule has 0 amide bonds. The van der Waals surface area contributed by atoms with Gasteiger partial charge in [0.05, 0.1) is 0 Å². The molecule has 2 heterocycles. The molecule has 1 saturated heterocycles. The summed E-state index contributed by atoms with van der Waals surface area (Å²) in [5, 5.41) is 9.45. The van der Waals surface area contributed by atoms with E-state index >= 15 is 0 Å².